The largest absolute Gasteiger partial charge is 0.494 e. The maximum atomic E-state index is 13.5. The fourth-order valence-corrected chi connectivity index (χ4v) is 4.48. The van der Waals surface area contributed by atoms with Crippen molar-refractivity contribution < 1.29 is 19.0 Å². The molecule has 3 aromatic rings. The number of methoxy groups -OCH3 is 1. The minimum atomic E-state index is -0.769. The van der Waals surface area contributed by atoms with Crippen molar-refractivity contribution in [3.63, 3.8) is 0 Å². The highest BCUT2D eigenvalue weighted by atomic mass is 19.1. The number of likely N-dealkylation sites (tertiary alicyclic amines) is 1. The molecule has 2 heterocycles. The molecule has 0 bridgehead atoms. The Morgan fingerprint density at radius 3 is 2.90 bits per heavy atom. The van der Waals surface area contributed by atoms with E-state index in [1.807, 2.05) is 24.3 Å². The lowest BCUT2D eigenvalue weighted by Gasteiger charge is -2.38. The zero-order valence-corrected chi connectivity index (χ0v) is 17.0. The summed E-state index contributed by atoms with van der Waals surface area (Å²) in [6.07, 6.45) is 1.62. The van der Waals surface area contributed by atoms with E-state index in [2.05, 4.69) is 9.88 Å². The van der Waals surface area contributed by atoms with E-state index in [1.54, 1.807) is 19.2 Å². The Labute approximate surface area is 174 Å². The van der Waals surface area contributed by atoms with Gasteiger partial charge >= 0.3 is 5.97 Å². The Kier molecular flexibility index (Phi) is 5.99. The summed E-state index contributed by atoms with van der Waals surface area (Å²) < 4.78 is 18.9. The summed E-state index contributed by atoms with van der Waals surface area (Å²) in [5.41, 5.74) is 2.63. The first-order chi connectivity index (χ1) is 14.5. The molecular weight excluding hydrogens is 385 g/mol. The minimum absolute atomic E-state index is 0.0846. The lowest BCUT2D eigenvalue weighted by Crippen LogP contribution is -2.41. The summed E-state index contributed by atoms with van der Waals surface area (Å²) in [6, 6.07) is 12.4. The molecule has 0 saturated carbocycles. The zero-order valence-electron chi connectivity index (χ0n) is 17.0. The Balaban J connectivity index is 1.53. The van der Waals surface area contributed by atoms with Crippen LogP contribution in [0.5, 0.6) is 5.75 Å². The van der Waals surface area contributed by atoms with Gasteiger partial charge in [0.15, 0.2) is 0 Å². The quantitative estimate of drug-likeness (QED) is 0.617. The van der Waals surface area contributed by atoms with E-state index in [0.717, 1.165) is 41.9 Å². The van der Waals surface area contributed by atoms with Crippen LogP contribution in [-0.2, 0) is 17.8 Å². The maximum Gasteiger partial charge on any atom is 0.303 e. The van der Waals surface area contributed by atoms with Gasteiger partial charge in [-0.25, -0.2) is 9.37 Å². The predicted octanol–water partition coefficient (Wildman–Crippen LogP) is 3.87. The number of piperidine rings is 1. The van der Waals surface area contributed by atoms with Crippen LogP contribution in [0.3, 0.4) is 0 Å². The highest BCUT2D eigenvalue weighted by Gasteiger charge is 2.31. The van der Waals surface area contributed by atoms with Gasteiger partial charge in [0, 0.05) is 25.9 Å². The third kappa shape index (κ3) is 4.62. The first-order valence-electron chi connectivity index (χ1n) is 10.2. The number of H-pyrrole nitrogens is 1. The monoisotopic (exact) mass is 411 g/mol. The van der Waals surface area contributed by atoms with Gasteiger partial charge in [-0.05, 0) is 54.6 Å². The van der Waals surface area contributed by atoms with E-state index in [0.29, 0.717) is 18.7 Å². The number of benzene rings is 2. The summed E-state index contributed by atoms with van der Waals surface area (Å²) in [7, 11) is 1.62. The first-order valence-corrected chi connectivity index (χ1v) is 10.2. The van der Waals surface area contributed by atoms with Crippen molar-refractivity contribution in [3.8, 4) is 5.75 Å². The summed E-state index contributed by atoms with van der Waals surface area (Å²) in [5, 5.41) is 9.37. The number of para-hydroxylation sites is 1. The predicted molar refractivity (Wildman–Crippen MR) is 112 cm³/mol. The Bertz CT molecular complexity index is 1040. The summed E-state index contributed by atoms with van der Waals surface area (Å²) in [6.45, 7) is 2.21. The molecule has 158 valence electrons. The average molecular weight is 411 g/mol. The zero-order chi connectivity index (χ0) is 21.1. The smallest absolute Gasteiger partial charge is 0.303 e. The average Bonchev–Trinajstić information content (AvgIpc) is 3.12. The van der Waals surface area contributed by atoms with Gasteiger partial charge in [-0.1, -0.05) is 18.2 Å². The van der Waals surface area contributed by atoms with Gasteiger partial charge in [0.05, 0.1) is 12.6 Å². The van der Waals surface area contributed by atoms with E-state index < -0.39 is 5.97 Å². The number of carboxylic acid groups (broad SMARTS) is 1. The SMILES string of the molecule is COc1cccc2[nH]c(CC3CN(Cc4cccc(F)c4)CCC3CC(=O)O)nc12. The molecule has 4 rings (SSSR count). The summed E-state index contributed by atoms with van der Waals surface area (Å²) in [5.74, 6) is 0.781. The normalized spacial score (nSPS) is 19.8. The molecule has 1 aliphatic heterocycles. The molecule has 1 aliphatic rings. The van der Waals surface area contributed by atoms with Gasteiger partial charge in [-0.2, -0.15) is 0 Å². The molecule has 6 nitrogen and oxygen atoms in total. The van der Waals surface area contributed by atoms with Crippen molar-refractivity contribution in [2.75, 3.05) is 20.2 Å². The van der Waals surface area contributed by atoms with Crippen molar-refractivity contribution in [2.24, 2.45) is 11.8 Å². The number of ether oxygens (including phenoxy) is 1. The molecule has 0 amide bonds. The topological polar surface area (TPSA) is 78.5 Å². The van der Waals surface area contributed by atoms with Crippen molar-refractivity contribution in [2.45, 2.75) is 25.8 Å². The number of aromatic nitrogens is 2. The number of carbonyl (C=O) groups is 1. The van der Waals surface area contributed by atoms with E-state index >= 15 is 0 Å². The number of imidazole rings is 1. The van der Waals surface area contributed by atoms with Crippen molar-refractivity contribution in [3.05, 3.63) is 59.7 Å². The number of hydrogen-bond acceptors (Lipinski definition) is 4. The number of carboxylic acids is 1. The molecule has 2 N–H and O–H groups in total. The maximum absolute atomic E-state index is 13.5. The molecular formula is C23H26FN3O3. The lowest BCUT2D eigenvalue weighted by molar-refractivity contribution is -0.139. The molecule has 1 fully saturated rings. The van der Waals surface area contributed by atoms with Crippen molar-refractivity contribution in [1.29, 1.82) is 0 Å². The molecule has 0 spiro atoms. The van der Waals surface area contributed by atoms with Crippen LogP contribution in [0.15, 0.2) is 42.5 Å². The van der Waals surface area contributed by atoms with E-state index in [1.165, 1.54) is 6.07 Å². The second-order valence-corrected chi connectivity index (χ2v) is 8.02. The molecule has 1 aromatic heterocycles. The van der Waals surface area contributed by atoms with Crippen LogP contribution in [0.4, 0.5) is 4.39 Å². The number of nitrogens with one attached hydrogen (secondary N) is 1. The standard InChI is InChI=1S/C23H26FN3O3/c1-30-20-7-3-6-19-23(20)26-21(25-19)11-17-14-27(9-8-16(17)12-22(28)29)13-15-4-2-5-18(24)10-15/h2-7,10,16-17H,8-9,11-14H2,1H3,(H,25,26)(H,28,29). The molecule has 1 saturated heterocycles. The fourth-order valence-electron chi connectivity index (χ4n) is 4.48. The number of nitrogens with zero attached hydrogens (tertiary/aromatic N) is 2. The van der Waals surface area contributed by atoms with Gasteiger partial charge in [-0.3, -0.25) is 9.69 Å². The molecule has 2 atom stereocenters. The number of fused-ring (bicyclic) bond motifs is 1. The van der Waals surface area contributed by atoms with Gasteiger partial charge in [0.25, 0.3) is 0 Å². The van der Waals surface area contributed by atoms with Crippen molar-refractivity contribution in [1.82, 2.24) is 14.9 Å². The second-order valence-electron chi connectivity index (χ2n) is 8.02. The summed E-state index contributed by atoms with van der Waals surface area (Å²) in [4.78, 5) is 21.8. The van der Waals surface area contributed by atoms with Gasteiger partial charge in [0.2, 0.25) is 0 Å². The van der Waals surface area contributed by atoms with Crippen LogP contribution in [-0.4, -0.2) is 46.1 Å². The molecule has 30 heavy (non-hydrogen) atoms. The van der Waals surface area contributed by atoms with Crippen molar-refractivity contribution >= 4 is 17.0 Å². The second kappa shape index (κ2) is 8.83. The van der Waals surface area contributed by atoms with Crippen LogP contribution in [0, 0.1) is 17.7 Å². The fraction of sp³-hybridized carbons (Fsp3) is 0.391. The van der Waals surface area contributed by atoms with Crippen LogP contribution in [0.1, 0.15) is 24.2 Å². The number of aliphatic carboxylic acids is 1. The van der Waals surface area contributed by atoms with Crippen LogP contribution in [0.25, 0.3) is 11.0 Å². The van der Waals surface area contributed by atoms with E-state index in [4.69, 9.17) is 9.72 Å². The number of halogens is 1. The highest BCUT2D eigenvalue weighted by Crippen LogP contribution is 2.31. The van der Waals surface area contributed by atoms with Crippen LogP contribution in [0.2, 0.25) is 0 Å². The number of hydrogen-bond donors (Lipinski definition) is 2. The third-order valence-electron chi connectivity index (χ3n) is 5.91. The number of aromatic amines is 1. The molecule has 0 radical (unpaired) electrons. The highest BCUT2D eigenvalue weighted by molar-refractivity contribution is 5.81. The van der Waals surface area contributed by atoms with E-state index in [9.17, 15) is 14.3 Å². The molecule has 2 aromatic carbocycles. The Hall–Kier alpha value is -2.93. The Morgan fingerprint density at radius 1 is 1.30 bits per heavy atom. The van der Waals surface area contributed by atoms with Crippen LogP contribution < -0.4 is 4.74 Å². The first kappa shape index (κ1) is 20.3. The third-order valence-corrected chi connectivity index (χ3v) is 5.91. The van der Waals surface area contributed by atoms with Gasteiger partial charge < -0.3 is 14.8 Å². The molecule has 7 heteroatoms. The number of rotatable bonds is 7. The summed E-state index contributed by atoms with van der Waals surface area (Å²) >= 11 is 0. The minimum Gasteiger partial charge on any atom is -0.494 e. The van der Waals surface area contributed by atoms with Crippen LogP contribution >= 0.6 is 0 Å². The van der Waals surface area contributed by atoms with Gasteiger partial charge in [0.1, 0.15) is 22.9 Å². The van der Waals surface area contributed by atoms with Gasteiger partial charge in [-0.15, -0.1) is 0 Å². The van der Waals surface area contributed by atoms with E-state index in [-0.39, 0.29) is 24.1 Å². The molecule has 2 unspecified atom stereocenters. The Morgan fingerprint density at radius 2 is 2.13 bits per heavy atom. The lowest BCUT2D eigenvalue weighted by atomic mass is 9.81. The molecule has 0 aliphatic carbocycles.